The first-order valence-corrected chi connectivity index (χ1v) is 11.0. The van der Waals surface area contributed by atoms with Crippen molar-refractivity contribution in [2.45, 2.75) is 38.6 Å². The van der Waals surface area contributed by atoms with E-state index in [4.69, 9.17) is 11.6 Å². The first-order valence-electron chi connectivity index (χ1n) is 10.7. The molecule has 160 valence electrons. The molecule has 30 heavy (non-hydrogen) atoms. The van der Waals surface area contributed by atoms with Crippen molar-refractivity contribution in [2.24, 2.45) is 11.8 Å². The summed E-state index contributed by atoms with van der Waals surface area (Å²) in [5, 5.41) is 9.59. The van der Waals surface area contributed by atoms with Gasteiger partial charge in [0.1, 0.15) is 0 Å². The Labute approximate surface area is 183 Å². The predicted molar refractivity (Wildman–Crippen MR) is 120 cm³/mol. The summed E-state index contributed by atoms with van der Waals surface area (Å²) in [5.74, 6) is 1.11. The average molecular weight is 428 g/mol. The smallest absolute Gasteiger partial charge is 0.315 e. The number of urea groups is 1. The zero-order chi connectivity index (χ0) is 21.2. The summed E-state index contributed by atoms with van der Waals surface area (Å²) in [7, 11) is 0. The van der Waals surface area contributed by atoms with Crippen molar-refractivity contribution in [3.63, 3.8) is 0 Å². The molecule has 0 unspecified atom stereocenters. The summed E-state index contributed by atoms with van der Waals surface area (Å²) in [6, 6.07) is 17.1. The van der Waals surface area contributed by atoms with E-state index in [0.29, 0.717) is 36.4 Å². The summed E-state index contributed by atoms with van der Waals surface area (Å²) < 4.78 is 0. The van der Waals surface area contributed by atoms with Crippen molar-refractivity contribution in [3.05, 3.63) is 70.7 Å². The highest BCUT2D eigenvalue weighted by Crippen LogP contribution is 2.27. The van der Waals surface area contributed by atoms with Crippen LogP contribution in [0.15, 0.2) is 54.6 Å². The van der Waals surface area contributed by atoms with Crippen LogP contribution in [0, 0.1) is 11.8 Å². The standard InChI is InChI=1S/C24H30ClN3O2/c25-22-8-4-7-21(13-22)17-28-24(30)27-16-20-11-9-19(10-12-20)15-26-23(29)14-18-5-2-1-3-6-18/h1-8,13,19-20H,9-12,14-17H2,(H,26,29)(H2,27,28,30). The van der Waals surface area contributed by atoms with Crippen molar-refractivity contribution < 1.29 is 9.59 Å². The molecule has 0 heterocycles. The molecule has 3 amide bonds. The van der Waals surface area contributed by atoms with Gasteiger partial charge in [0.25, 0.3) is 0 Å². The Morgan fingerprint density at radius 3 is 2.10 bits per heavy atom. The molecule has 2 aromatic carbocycles. The third kappa shape index (κ3) is 7.71. The van der Waals surface area contributed by atoms with E-state index in [0.717, 1.165) is 43.4 Å². The molecule has 5 nitrogen and oxygen atoms in total. The van der Waals surface area contributed by atoms with Crippen molar-refractivity contribution in [1.29, 1.82) is 0 Å². The fourth-order valence-electron chi connectivity index (χ4n) is 3.87. The lowest BCUT2D eigenvalue weighted by Crippen LogP contribution is -2.39. The third-order valence-corrected chi connectivity index (χ3v) is 5.89. The van der Waals surface area contributed by atoms with Gasteiger partial charge >= 0.3 is 6.03 Å². The van der Waals surface area contributed by atoms with Crippen molar-refractivity contribution in [3.8, 4) is 0 Å². The highest BCUT2D eigenvalue weighted by atomic mass is 35.5. The lowest BCUT2D eigenvalue weighted by Gasteiger charge is -2.28. The normalized spacial score (nSPS) is 18.4. The molecule has 6 heteroatoms. The van der Waals surface area contributed by atoms with E-state index in [1.165, 1.54) is 0 Å². The van der Waals surface area contributed by atoms with E-state index in [9.17, 15) is 9.59 Å². The number of nitrogens with one attached hydrogen (secondary N) is 3. The van der Waals surface area contributed by atoms with Gasteiger partial charge < -0.3 is 16.0 Å². The summed E-state index contributed by atoms with van der Waals surface area (Å²) in [5.41, 5.74) is 2.02. The van der Waals surface area contributed by atoms with Gasteiger partial charge in [-0.25, -0.2) is 4.79 Å². The van der Waals surface area contributed by atoms with Crippen LogP contribution < -0.4 is 16.0 Å². The molecular weight excluding hydrogens is 398 g/mol. The fraction of sp³-hybridized carbons (Fsp3) is 0.417. The number of halogens is 1. The maximum absolute atomic E-state index is 12.1. The largest absolute Gasteiger partial charge is 0.356 e. The van der Waals surface area contributed by atoms with Crippen molar-refractivity contribution in [2.75, 3.05) is 13.1 Å². The minimum Gasteiger partial charge on any atom is -0.356 e. The highest BCUT2D eigenvalue weighted by molar-refractivity contribution is 6.30. The molecule has 0 radical (unpaired) electrons. The summed E-state index contributed by atoms with van der Waals surface area (Å²) in [6.07, 6.45) is 4.76. The number of carbonyl (C=O) groups is 2. The maximum atomic E-state index is 12.1. The molecule has 1 saturated carbocycles. The van der Waals surface area contributed by atoms with E-state index in [-0.39, 0.29) is 11.9 Å². The van der Waals surface area contributed by atoms with Gasteiger partial charge in [-0.3, -0.25) is 4.79 Å². The first kappa shape index (κ1) is 22.2. The summed E-state index contributed by atoms with van der Waals surface area (Å²) >= 11 is 5.96. The monoisotopic (exact) mass is 427 g/mol. The number of rotatable bonds is 8. The molecule has 3 N–H and O–H groups in total. The van der Waals surface area contributed by atoms with Crippen LogP contribution >= 0.6 is 11.6 Å². The molecule has 0 aromatic heterocycles. The minimum atomic E-state index is -0.148. The van der Waals surface area contributed by atoms with E-state index >= 15 is 0 Å². The Hall–Kier alpha value is -2.53. The molecule has 0 spiro atoms. The molecule has 2 aromatic rings. The summed E-state index contributed by atoms with van der Waals surface area (Å²) in [4.78, 5) is 24.1. The van der Waals surface area contributed by atoms with Crippen LogP contribution in [0.2, 0.25) is 5.02 Å². The van der Waals surface area contributed by atoms with Gasteiger partial charge in [-0.05, 0) is 60.8 Å². The third-order valence-electron chi connectivity index (χ3n) is 5.66. The second kappa shape index (κ2) is 11.6. The van der Waals surface area contributed by atoms with Crippen LogP contribution in [0.25, 0.3) is 0 Å². The van der Waals surface area contributed by atoms with Gasteiger partial charge in [0.2, 0.25) is 5.91 Å². The topological polar surface area (TPSA) is 70.2 Å². The van der Waals surface area contributed by atoms with E-state index in [1.54, 1.807) is 0 Å². The van der Waals surface area contributed by atoms with Crippen LogP contribution in [-0.2, 0) is 17.8 Å². The van der Waals surface area contributed by atoms with Gasteiger partial charge in [-0.15, -0.1) is 0 Å². The van der Waals surface area contributed by atoms with E-state index in [2.05, 4.69) is 16.0 Å². The zero-order valence-corrected chi connectivity index (χ0v) is 18.0. The lowest BCUT2D eigenvalue weighted by molar-refractivity contribution is -0.120. The van der Waals surface area contributed by atoms with Gasteiger partial charge in [-0.1, -0.05) is 54.1 Å². The van der Waals surface area contributed by atoms with Crippen LogP contribution in [0.3, 0.4) is 0 Å². The molecule has 1 aliphatic rings. The highest BCUT2D eigenvalue weighted by Gasteiger charge is 2.22. The Morgan fingerprint density at radius 1 is 0.800 bits per heavy atom. The van der Waals surface area contributed by atoms with E-state index in [1.807, 2.05) is 54.6 Å². The number of benzene rings is 2. The lowest BCUT2D eigenvalue weighted by atomic mass is 9.82. The van der Waals surface area contributed by atoms with Crippen molar-refractivity contribution in [1.82, 2.24) is 16.0 Å². The van der Waals surface area contributed by atoms with Crippen LogP contribution in [0.1, 0.15) is 36.8 Å². The van der Waals surface area contributed by atoms with Crippen LogP contribution in [0.4, 0.5) is 4.79 Å². The fourth-order valence-corrected chi connectivity index (χ4v) is 4.08. The molecular formula is C24H30ClN3O2. The van der Waals surface area contributed by atoms with Crippen molar-refractivity contribution >= 4 is 23.5 Å². The molecule has 1 aliphatic carbocycles. The predicted octanol–water partition coefficient (Wildman–Crippen LogP) is 4.30. The number of hydrogen-bond acceptors (Lipinski definition) is 2. The second-order valence-electron chi connectivity index (χ2n) is 8.05. The molecule has 0 bridgehead atoms. The Morgan fingerprint density at radius 2 is 1.43 bits per heavy atom. The summed E-state index contributed by atoms with van der Waals surface area (Å²) in [6.45, 7) is 1.89. The molecule has 0 atom stereocenters. The van der Waals surface area contributed by atoms with Gasteiger partial charge in [-0.2, -0.15) is 0 Å². The maximum Gasteiger partial charge on any atom is 0.315 e. The molecule has 0 saturated heterocycles. The Bertz CT molecular complexity index is 820. The first-order chi connectivity index (χ1) is 14.6. The second-order valence-corrected chi connectivity index (χ2v) is 8.48. The zero-order valence-electron chi connectivity index (χ0n) is 17.2. The number of hydrogen-bond donors (Lipinski definition) is 3. The minimum absolute atomic E-state index is 0.0846. The van der Waals surface area contributed by atoms with Gasteiger partial charge in [0.15, 0.2) is 0 Å². The van der Waals surface area contributed by atoms with Gasteiger partial charge in [0.05, 0.1) is 6.42 Å². The SMILES string of the molecule is O=C(Cc1ccccc1)NCC1CCC(CNC(=O)NCc2cccc(Cl)c2)CC1. The van der Waals surface area contributed by atoms with Crippen LogP contribution in [0.5, 0.6) is 0 Å². The number of amides is 3. The average Bonchev–Trinajstić information content (AvgIpc) is 2.76. The molecule has 3 rings (SSSR count). The number of carbonyl (C=O) groups excluding carboxylic acids is 2. The quantitative estimate of drug-likeness (QED) is 0.587. The Balaban J connectivity index is 1.27. The molecule has 0 aliphatic heterocycles. The van der Waals surface area contributed by atoms with Crippen LogP contribution in [-0.4, -0.2) is 25.0 Å². The van der Waals surface area contributed by atoms with E-state index < -0.39 is 0 Å². The molecule has 1 fully saturated rings. The Kier molecular flexibility index (Phi) is 8.57. The van der Waals surface area contributed by atoms with Gasteiger partial charge in [0, 0.05) is 24.7 Å².